The highest BCUT2D eigenvalue weighted by molar-refractivity contribution is 7.99. The quantitative estimate of drug-likeness (QED) is 0.496. The molecule has 0 saturated carbocycles. The van der Waals surface area contributed by atoms with Crippen LogP contribution >= 0.6 is 11.8 Å². The van der Waals surface area contributed by atoms with Gasteiger partial charge < -0.3 is 4.90 Å². The summed E-state index contributed by atoms with van der Waals surface area (Å²) in [6.07, 6.45) is 4.96. The second-order valence-electron chi connectivity index (χ2n) is 2.36. The fraction of sp³-hybridized carbons (Fsp3) is 0.500. The molecule has 0 aromatic heterocycles. The molecule has 0 radical (unpaired) electrons. The van der Waals surface area contributed by atoms with E-state index in [9.17, 15) is 4.79 Å². The molecular weight excluding hydrogens is 172 g/mol. The van der Waals surface area contributed by atoms with Crippen LogP contribution < -0.4 is 0 Å². The summed E-state index contributed by atoms with van der Waals surface area (Å²) < 4.78 is 0. The van der Waals surface area contributed by atoms with Crippen molar-refractivity contribution in [2.75, 3.05) is 18.1 Å². The van der Waals surface area contributed by atoms with E-state index in [0.717, 1.165) is 5.75 Å². The first-order valence-electron chi connectivity index (χ1n) is 3.54. The Morgan fingerprint density at radius 3 is 3.08 bits per heavy atom. The van der Waals surface area contributed by atoms with Crippen LogP contribution in [0.1, 0.15) is 0 Å². The van der Waals surface area contributed by atoms with Crippen molar-refractivity contribution < 1.29 is 4.79 Å². The van der Waals surface area contributed by atoms with Crippen LogP contribution in [0.4, 0.5) is 0 Å². The molecule has 1 fully saturated rings. The highest BCUT2D eigenvalue weighted by Gasteiger charge is 2.25. The van der Waals surface area contributed by atoms with E-state index in [2.05, 4.69) is 6.07 Å². The first-order valence-corrected chi connectivity index (χ1v) is 4.69. The van der Waals surface area contributed by atoms with Gasteiger partial charge in [-0.25, -0.2) is 0 Å². The summed E-state index contributed by atoms with van der Waals surface area (Å²) in [4.78, 5) is 12.5. The van der Waals surface area contributed by atoms with Gasteiger partial charge in [0.2, 0.25) is 0 Å². The van der Waals surface area contributed by atoms with E-state index in [-0.39, 0.29) is 11.9 Å². The molecule has 0 bridgehead atoms. The van der Waals surface area contributed by atoms with Crippen molar-refractivity contribution in [2.24, 2.45) is 0 Å². The Morgan fingerprint density at radius 2 is 2.50 bits per heavy atom. The number of rotatable bonds is 0. The first kappa shape index (κ1) is 8.96. The van der Waals surface area contributed by atoms with Crippen molar-refractivity contribution >= 4 is 17.7 Å². The Morgan fingerprint density at radius 1 is 1.75 bits per heavy atom. The zero-order valence-corrected chi connectivity index (χ0v) is 7.30. The molecule has 0 aromatic carbocycles. The Balaban J connectivity index is 2.68. The average molecular weight is 180 g/mol. The zero-order valence-electron chi connectivity index (χ0n) is 6.49. The number of carbonyl (C=O) groups excluding carboxylic acids is 1. The minimum atomic E-state index is -0.373. The van der Waals surface area contributed by atoms with Gasteiger partial charge in [-0.15, -0.1) is 6.42 Å². The van der Waals surface area contributed by atoms with Gasteiger partial charge in [-0.1, -0.05) is 0 Å². The topological polar surface area (TPSA) is 44.1 Å². The molecule has 62 valence electrons. The molecule has 1 unspecified atom stereocenters. The summed E-state index contributed by atoms with van der Waals surface area (Å²) in [6, 6.07) is 1.72. The van der Waals surface area contributed by atoms with Gasteiger partial charge in [0, 0.05) is 18.1 Å². The molecule has 0 spiro atoms. The maximum absolute atomic E-state index is 11.1. The van der Waals surface area contributed by atoms with Crippen LogP contribution in [0, 0.1) is 23.7 Å². The minimum Gasteiger partial charge on any atom is -0.314 e. The van der Waals surface area contributed by atoms with Gasteiger partial charge in [0.15, 0.2) is 0 Å². The Bertz CT molecular complexity index is 263. The smallest absolute Gasteiger partial charge is 0.299 e. The van der Waals surface area contributed by atoms with Crippen LogP contribution in [-0.2, 0) is 4.79 Å². The van der Waals surface area contributed by atoms with Crippen LogP contribution in [0.5, 0.6) is 0 Å². The summed E-state index contributed by atoms with van der Waals surface area (Å²) in [7, 11) is 0. The molecule has 1 aliphatic rings. The molecule has 12 heavy (non-hydrogen) atoms. The normalized spacial score (nSPS) is 22.5. The summed E-state index contributed by atoms with van der Waals surface area (Å²) in [6.45, 7) is 0.589. The lowest BCUT2D eigenvalue weighted by Gasteiger charge is -2.29. The van der Waals surface area contributed by atoms with Crippen LogP contribution in [0.15, 0.2) is 0 Å². The van der Waals surface area contributed by atoms with Gasteiger partial charge in [0.05, 0.1) is 6.07 Å². The predicted octanol–water partition coefficient (Wildman–Crippen LogP) is 0.0872. The molecule has 0 aromatic rings. The van der Waals surface area contributed by atoms with E-state index < -0.39 is 0 Å². The van der Waals surface area contributed by atoms with E-state index in [0.29, 0.717) is 12.3 Å². The number of hydrogen-bond donors (Lipinski definition) is 0. The number of amides is 1. The van der Waals surface area contributed by atoms with Crippen molar-refractivity contribution in [1.29, 1.82) is 5.26 Å². The molecule has 1 aliphatic heterocycles. The maximum Gasteiger partial charge on any atom is 0.299 e. The third-order valence-corrected chi connectivity index (χ3v) is 2.68. The van der Waals surface area contributed by atoms with E-state index in [1.807, 2.05) is 5.92 Å². The lowest BCUT2D eigenvalue weighted by molar-refractivity contribution is -0.125. The molecule has 1 amide bonds. The lowest BCUT2D eigenvalue weighted by Crippen LogP contribution is -2.44. The molecule has 0 aliphatic carbocycles. The second kappa shape index (κ2) is 4.04. The second-order valence-corrected chi connectivity index (χ2v) is 3.51. The number of nitriles is 1. The van der Waals surface area contributed by atoms with Gasteiger partial charge in [-0.3, -0.25) is 4.79 Å². The standard InChI is InChI=1S/C8H8N2OS/c1-2-8(11)10-3-4-12-6-7(10)5-9/h1,7H,3-4,6H2. The Labute approximate surface area is 75.7 Å². The minimum absolute atomic E-state index is 0.340. The molecular formula is C8H8N2OS. The van der Waals surface area contributed by atoms with Gasteiger partial charge in [0.25, 0.3) is 5.91 Å². The van der Waals surface area contributed by atoms with Crippen LogP contribution in [0.25, 0.3) is 0 Å². The number of terminal acetylenes is 1. The molecule has 1 saturated heterocycles. The van der Waals surface area contributed by atoms with Crippen molar-refractivity contribution in [3.05, 3.63) is 0 Å². The number of hydrogen-bond acceptors (Lipinski definition) is 3. The van der Waals surface area contributed by atoms with Gasteiger partial charge in [-0.2, -0.15) is 17.0 Å². The largest absolute Gasteiger partial charge is 0.314 e. The predicted molar refractivity (Wildman–Crippen MR) is 47.3 cm³/mol. The summed E-state index contributed by atoms with van der Waals surface area (Å²) >= 11 is 1.67. The SMILES string of the molecule is C#CC(=O)N1CCSCC1C#N. The lowest BCUT2D eigenvalue weighted by atomic mass is 10.3. The highest BCUT2D eigenvalue weighted by Crippen LogP contribution is 2.15. The third kappa shape index (κ3) is 1.72. The number of thioether (sulfide) groups is 1. The summed E-state index contributed by atoms with van der Waals surface area (Å²) in [5.74, 6) is 3.19. The molecule has 1 atom stereocenters. The molecule has 3 nitrogen and oxygen atoms in total. The van der Waals surface area contributed by atoms with E-state index in [4.69, 9.17) is 11.7 Å². The van der Waals surface area contributed by atoms with Gasteiger partial charge >= 0.3 is 0 Å². The van der Waals surface area contributed by atoms with E-state index >= 15 is 0 Å². The fourth-order valence-corrected chi connectivity index (χ4v) is 2.01. The van der Waals surface area contributed by atoms with Crippen LogP contribution in [0.3, 0.4) is 0 Å². The molecule has 1 heterocycles. The number of nitrogens with zero attached hydrogens (tertiary/aromatic N) is 2. The van der Waals surface area contributed by atoms with Gasteiger partial charge in [-0.05, 0) is 5.92 Å². The Kier molecular flexibility index (Phi) is 3.01. The highest BCUT2D eigenvalue weighted by atomic mass is 32.2. The van der Waals surface area contributed by atoms with Crippen LogP contribution in [0.2, 0.25) is 0 Å². The van der Waals surface area contributed by atoms with Crippen molar-refractivity contribution in [3.8, 4) is 18.4 Å². The van der Waals surface area contributed by atoms with Crippen molar-refractivity contribution in [3.63, 3.8) is 0 Å². The average Bonchev–Trinajstić information content (AvgIpc) is 2.16. The van der Waals surface area contributed by atoms with Crippen LogP contribution in [-0.4, -0.2) is 34.9 Å². The summed E-state index contributed by atoms with van der Waals surface area (Å²) in [5.41, 5.74) is 0. The monoisotopic (exact) mass is 180 g/mol. The first-order chi connectivity index (χ1) is 5.79. The molecule has 0 N–H and O–H groups in total. The van der Waals surface area contributed by atoms with Crippen molar-refractivity contribution in [2.45, 2.75) is 6.04 Å². The number of carbonyl (C=O) groups is 1. The summed E-state index contributed by atoms with van der Waals surface area (Å²) in [5, 5.41) is 8.68. The molecule has 1 rings (SSSR count). The van der Waals surface area contributed by atoms with E-state index in [1.165, 1.54) is 4.90 Å². The molecule has 4 heteroatoms. The zero-order chi connectivity index (χ0) is 8.97. The van der Waals surface area contributed by atoms with Gasteiger partial charge in [0.1, 0.15) is 6.04 Å². The fourth-order valence-electron chi connectivity index (χ4n) is 1.04. The van der Waals surface area contributed by atoms with Crippen molar-refractivity contribution in [1.82, 2.24) is 4.90 Å². The maximum atomic E-state index is 11.1. The van der Waals surface area contributed by atoms with E-state index in [1.54, 1.807) is 11.8 Å². The third-order valence-electron chi connectivity index (χ3n) is 1.66. The Hall–Kier alpha value is -1.13.